The van der Waals surface area contributed by atoms with E-state index in [2.05, 4.69) is 5.32 Å². The van der Waals surface area contributed by atoms with Gasteiger partial charge in [0.1, 0.15) is 11.5 Å². The fraction of sp³-hybridized carbons (Fsp3) is 0.533. The van der Waals surface area contributed by atoms with Crippen LogP contribution in [0.4, 0.5) is 5.69 Å². The molecule has 0 bridgehead atoms. The first-order valence-electron chi connectivity index (χ1n) is 6.88. The Labute approximate surface area is 124 Å². The summed E-state index contributed by atoms with van der Waals surface area (Å²) in [5.74, 6) is 1.22. The van der Waals surface area contributed by atoms with Gasteiger partial charge < -0.3 is 14.8 Å². The summed E-state index contributed by atoms with van der Waals surface area (Å²) in [4.78, 5) is 12.3. The van der Waals surface area contributed by atoms with Crippen molar-refractivity contribution in [3.63, 3.8) is 0 Å². The molecule has 5 heteroatoms. The highest BCUT2D eigenvalue weighted by Gasteiger charge is 2.22. The first-order valence-corrected chi connectivity index (χ1v) is 7.26. The smallest absolute Gasteiger partial charge is 0.227 e. The third-order valence-corrected chi connectivity index (χ3v) is 4.00. The average molecular weight is 298 g/mol. The number of benzene rings is 1. The monoisotopic (exact) mass is 297 g/mol. The Morgan fingerprint density at radius 1 is 1.15 bits per heavy atom. The quantitative estimate of drug-likeness (QED) is 0.917. The molecule has 4 nitrogen and oxygen atoms in total. The summed E-state index contributed by atoms with van der Waals surface area (Å²) >= 11 is 6.10. The molecule has 1 aliphatic carbocycles. The number of ether oxygens (including phenoxy) is 2. The van der Waals surface area contributed by atoms with Gasteiger partial charge in [0, 0.05) is 12.0 Å². The number of nitrogens with one attached hydrogen (secondary N) is 1. The molecule has 1 saturated carbocycles. The second kappa shape index (κ2) is 6.84. The normalized spacial score (nSPS) is 15.8. The summed E-state index contributed by atoms with van der Waals surface area (Å²) in [5, 5.41) is 3.37. The molecule has 1 N–H and O–H groups in total. The van der Waals surface area contributed by atoms with Crippen LogP contribution in [0.3, 0.4) is 0 Å². The number of carbonyl (C=O) groups is 1. The van der Waals surface area contributed by atoms with Crippen LogP contribution in [0.5, 0.6) is 11.5 Å². The van der Waals surface area contributed by atoms with Crippen LogP contribution in [0.15, 0.2) is 12.1 Å². The number of methoxy groups -OCH3 is 2. The van der Waals surface area contributed by atoms with Crippen molar-refractivity contribution >= 4 is 23.2 Å². The van der Waals surface area contributed by atoms with E-state index < -0.39 is 0 Å². The lowest BCUT2D eigenvalue weighted by Gasteiger charge is -2.21. The molecule has 0 heterocycles. The summed E-state index contributed by atoms with van der Waals surface area (Å²) in [7, 11) is 3.10. The first-order chi connectivity index (χ1) is 9.65. The van der Waals surface area contributed by atoms with Gasteiger partial charge in [-0.1, -0.05) is 30.9 Å². The summed E-state index contributed by atoms with van der Waals surface area (Å²) in [6.07, 6.45) is 5.38. The molecule has 1 aliphatic rings. The van der Waals surface area contributed by atoms with Crippen molar-refractivity contribution in [1.82, 2.24) is 0 Å². The Morgan fingerprint density at radius 3 is 2.40 bits per heavy atom. The Morgan fingerprint density at radius 2 is 1.80 bits per heavy atom. The van der Waals surface area contributed by atoms with Gasteiger partial charge >= 0.3 is 0 Å². The van der Waals surface area contributed by atoms with E-state index in [-0.39, 0.29) is 11.8 Å². The van der Waals surface area contributed by atoms with E-state index in [1.807, 2.05) is 0 Å². The Bertz CT molecular complexity index is 484. The van der Waals surface area contributed by atoms with Crippen molar-refractivity contribution < 1.29 is 14.3 Å². The van der Waals surface area contributed by atoms with Crippen molar-refractivity contribution in [3.8, 4) is 11.5 Å². The summed E-state index contributed by atoms with van der Waals surface area (Å²) in [6, 6.07) is 3.35. The molecule has 2 rings (SSSR count). The number of hydrogen-bond acceptors (Lipinski definition) is 3. The number of halogens is 1. The van der Waals surface area contributed by atoms with Gasteiger partial charge in [0.15, 0.2) is 0 Å². The minimum Gasteiger partial charge on any atom is -0.495 e. The van der Waals surface area contributed by atoms with Crippen molar-refractivity contribution in [1.29, 1.82) is 0 Å². The molecule has 1 amide bonds. The summed E-state index contributed by atoms with van der Waals surface area (Å²) in [6.45, 7) is 0. The van der Waals surface area contributed by atoms with Gasteiger partial charge in [-0.2, -0.15) is 0 Å². The van der Waals surface area contributed by atoms with Gasteiger partial charge in [0.05, 0.1) is 24.9 Å². The van der Waals surface area contributed by atoms with E-state index in [1.54, 1.807) is 26.4 Å². The van der Waals surface area contributed by atoms with Crippen molar-refractivity contribution in [2.45, 2.75) is 32.1 Å². The number of rotatable bonds is 4. The summed E-state index contributed by atoms with van der Waals surface area (Å²) < 4.78 is 10.4. The van der Waals surface area contributed by atoms with Gasteiger partial charge in [0.2, 0.25) is 5.91 Å². The molecule has 0 atom stereocenters. The van der Waals surface area contributed by atoms with E-state index in [4.69, 9.17) is 21.1 Å². The molecule has 0 saturated heterocycles. The molecule has 110 valence electrons. The van der Waals surface area contributed by atoms with Crippen LogP contribution >= 0.6 is 11.6 Å². The Kier molecular flexibility index (Phi) is 5.12. The van der Waals surface area contributed by atoms with Gasteiger partial charge in [-0.05, 0) is 18.9 Å². The fourth-order valence-electron chi connectivity index (χ4n) is 2.56. The predicted octanol–water partition coefficient (Wildman–Crippen LogP) is 3.88. The lowest BCUT2D eigenvalue weighted by atomic mass is 9.88. The highest BCUT2D eigenvalue weighted by atomic mass is 35.5. The fourth-order valence-corrected chi connectivity index (χ4v) is 2.80. The number of anilines is 1. The maximum atomic E-state index is 12.3. The molecule has 0 aromatic heterocycles. The molecular formula is C15H20ClNO3. The molecule has 1 fully saturated rings. The predicted molar refractivity (Wildman–Crippen MR) is 79.8 cm³/mol. The van der Waals surface area contributed by atoms with Gasteiger partial charge in [-0.15, -0.1) is 0 Å². The molecular weight excluding hydrogens is 278 g/mol. The molecule has 1 aromatic carbocycles. The SMILES string of the molecule is COc1cc(OC)c(NC(=O)C2CCCCC2)cc1Cl. The summed E-state index contributed by atoms with van der Waals surface area (Å²) in [5.41, 5.74) is 0.592. The largest absolute Gasteiger partial charge is 0.495 e. The maximum Gasteiger partial charge on any atom is 0.227 e. The van der Waals surface area contributed by atoms with Gasteiger partial charge in [-0.3, -0.25) is 4.79 Å². The number of hydrogen-bond donors (Lipinski definition) is 1. The second-order valence-corrected chi connectivity index (χ2v) is 5.42. The zero-order chi connectivity index (χ0) is 14.5. The minimum atomic E-state index is 0.0456. The lowest BCUT2D eigenvalue weighted by Crippen LogP contribution is -2.24. The number of amides is 1. The molecule has 0 aliphatic heterocycles. The molecule has 0 spiro atoms. The highest BCUT2D eigenvalue weighted by Crippen LogP contribution is 2.36. The van der Waals surface area contributed by atoms with Crippen LogP contribution in [0.1, 0.15) is 32.1 Å². The standard InChI is InChI=1S/C15H20ClNO3/c1-19-13-9-14(20-2)12(8-11(13)16)17-15(18)10-6-4-3-5-7-10/h8-10H,3-7H2,1-2H3,(H,17,18). The zero-order valence-corrected chi connectivity index (χ0v) is 12.6. The van der Waals surface area contributed by atoms with E-state index in [0.717, 1.165) is 25.7 Å². The van der Waals surface area contributed by atoms with Crippen LogP contribution in [-0.4, -0.2) is 20.1 Å². The third kappa shape index (κ3) is 3.37. The maximum absolute atomic E-state index is 12.3. The van der Waals surface area contributed by atoms with Gasteiger partial charge in [0.25, 0.3) is 0 Å². The Balaban J connectivity index is 2.15. The molecule has 0 unspecified atom stereocenters. The van der Waals surface area contributed by atoms with E-state index in [1.165, 1.54) is 6.42 Å². The first kappa shape index (κ1) is 15.0. The number of carbonyl (C=O) groups excluding carboxylic acids is 1. The highest BCUT2D eigenvalue weighted by molar-refractivity contribution is 6.32. The van der Waals surface area contributed by atoms with E-state index in [9.17, 15) is 4.79 Å². The van der Waals surface area contributed by atoms with E-state index in [0.29, 0.717) is 22.2 Å². The molecule has 20 heavy (non-hydrogen) atoms. The van der Waals surface area contributed by atoms with Crippen LogP contribution < -0.4 is 14.8 Å². The van der Waals surface area contributed by atoms with E-state index >= 15 is 0 Å². The lowest BCUT2D eigenvalue weighted by molar-refractivity contribution is -0.120. The zero-order valence-electron chi connectivity index (χ0n) is 11.9. The average Bonchev–Trinajstić information content (AvgIpc) is 2.48. The second-order valence-electron chi connectivity index (χ2n) is 5.01. The molecule has 0 radical (unpaired) electrons. The van der Waals surface area contributed by atoms with Gasteiger partial charge in [-0.25, -0.2) is 0 Å². The topological polar surface area (TPSA) is 47.6 Å². The van der Waals surface area contributed by atoms with Crippen LogP contribution in [0.25, 0.3) is 0 Å². The third-order valence-electron chi connectivity index (χ3n) is 3.71. The van der Waals surface area contributed by atoms with Crippen molar-refractivity contribution in [2.75, 3.05) is 19.5 Å². The van der Waals surface area contributed by atoms with Crippen molar-refractivity contribution in [2.24, 2.45) is 5.92 Å². The van der Waals surface area contributed by atoms with Crippen molar-refractivity contribution in [3.05, 3.63) is 17.2 Å². The van der Waals surface area contributed by atoms with Crippen LogP contribution in [0.2, 0.25) is 5.02 Å². The van der Waals surface area contributed by atoms with Crippen LogP contribution in [0, 0.1) is 5.92 Å². The van der Waals surface area contributed by atoms with Crippen LogP contribution in [-0.2, 0) is 4.79 Å². The molecule has 1 aromatic rings. The minimum absolute atomic E-state index is 0.0456. The Hall–Kier alpha value is -1.42.